The smallest absolute Gasteiger partial charge is 0.270 e. The molecule has 0 radical (unpaired) electrons. The SMILES string of the molecule is Cc1ccc(OCCNC(=O)c2cc(Cl)ccn2)cc1. The number of carbonyl (C=O) groups excluding carboxylic acids is 1. The summed E-state index contributed by atoms with van der Waals surface area (Å²) in [6.07, 6.45) is 1.50. The van der Waals surface area contributed by atoms with Crippen LogP contribution in [-0.4, -0.2) is 24.0 Å². The molecule has 0 aliphatic heterocycles. The van der Waals surface area contributed by atoms with Gasteiger partial charge < -0.3 is 10.1 Å². The third-order valence-corrected chi connectivity index (χ3v) is 2.87. The van der Waals surface area contributed by atoms with Crippen LogP contribution in [0.4, 0.5) is 0 Å². The minimum absolute atomic E-state index is 0.264. The lowest BCUT2D eigenvalue weighted by atomic mass is 10.2. The van der Waals surface area contributed by atoms with Gasteiger partial charge in [0.25, 0.3) is 5.91 Å². The van der Waals surface area contributed by atoms with E-state index in [4.69, 9.17) is 16.3 Å². The van der Waals surface area contributed by atoms with Crippen molar-refractivity contribution in [1.29, 1.82) is 0 Å². The Kier molecular flexibility index (Phi) is 4.96. The predicted octanol–water partition coefficient (Wildman–Crippen LogP) is 2.85. The first-order chi connectivity index (χ1) is 9.65. The standard InChI is InChI=1S/C15H15ClN2O2/c1-11-2-4-13(5-3-11)20-9-8-18-15(19)14-10-12(16)6-7-17-14/h2-7,10H,8-9H2,1H3,(H,18,19). The number of hydrogen-bond acceptors (Lipinski definition) is 3. The zero-order chi connectivity index (χ0) is 14.4. The molecule has 1 heterocycles. The molecule has 0 fully saturated rings. The number of carbonyl (C=O) groups is 1. The van der Waals surface area contributed by atoms with E-state index in [-0.39, 0.29) is 5.91 Å². The Bertz CT molecular complexity index is 585. The van der Waals surface area contributed by atoms with Crippen molar-refractivity contribution in [2.75, 3.05) is 13.2 Å². The number of nitrogens with zero attached hydrogens (tertiary/aromatic N) is 1. The van der Waals surface area contributed by atoms with Crippen molar-refractivity contribution in [2.45, 2.75) is 6.92 Å². The molecule has 104 valence electrons. The lowest BCUT2D eigenvalue weighted by molar-refractivity contribution is 0.0942. The molecule has 0 unspecified atom stereocenters. The Hall–Kier alpha value is -2.07. The van der Waals surface area contributed by atoms with E-state index in [1.54, 1.807) is 6.07 Å². The highest BCUT2D eigenvalue weighted by atomic mass is 35.5. The third kappa shape index (κ3) is 4.24. The summed E-state index contributed by atoms with van der Waals surface area (Å²) in [4.78, 5) is 15.7. The molecule has 0 saturated carbocycles. The summed E-state index contributed by atoms with van der Waals surface area (Å²) < 4.78 is 5.51. The van der Waals surface area contributed by atoms with Gasteiger partial charge in [0.05, 0.1) is 6.54 Å². The van der Waals surface area contributed by atoms with E-state index >= 15 is 0 Å². The van der Waals surface area contributed by atoms with Gasteiger partial charge in [0.15, 0.2) is 0 Å². The van der Waals surface area contributed by atoms with Crippen molar-refractivity contribution in [3.8, 4) is 5.75 Å². The summed E-state index contributed by atoms with van der Waals surface area (Å²) in [5.74, 6) is 0.519. The van der Waals surface area contributed by atoms with Crippen LogP contribution in [0, 0.1) is 6.92 Å². The van der Waals surface area contributed by atoms with E-state index in [9.17, 15) is 4.79 Å². The van der Waals surface area contributed by atoms with Crippen LogP contribution in [0.15, 0.2) is 42.6 Å². The lowest BCUT2D eigenvalue weighted by Crippen LogP contribution is -2.28. The molecule has 4 nitrogen and oxygen atoms in total. The average Bonchev–Trinajstić information content (AvgIpc) is 2.45. The highest BCUT2D eigenvalue weighted by Crippen LogP contribution is 2.11. The summed E-state index contributed by atoms with van der Waals surface area (Å²) in [6, 6.07) is 10.9. The number of amides is 1. The predicted molar refractivity (Wildman–Crippen MR) is 78.3 cm³/mol. The maximum absolute atomic E-state index is 11.8. The fraction of sp³-hybridized carbons (Fsp3) is 0.200. The van der Waals surface area contributed by atoms with Gasteiger partial charge in [-0.15, -0.1) is 0 Å². The van der Waals surface area contributed by atoms with Crippen LogP contribution < -0.4 is 10.1 Å². The molecule has 0 atom stereocenters. The van der Waals surface area contributed by atoms with Crippen LogP contribution >= 0.6 is 11.6 Å². The Labute approximate surface area is 122 Å². The van der Waals surface area contributed by atoms with Crippen molar-refractivity contribution < 1.29 is 9.53 Å². The number of benzene rings is 1. The minimum atomic E-state index is -0.264. The maximum Gasteiger partial charge on any atom is 0.270 e. The van der Waals surface area contributed by atoms with Gasteiger partial charge in [-0.3, -0.25) is 9.78 Å². The van der Waals surface area contributed by atoms with Gasteiger partial charge in [0, 0.05) is 11.2 Å². The summed E-state index contributed by atoms with van der Waals surface area (Å²) in [5, 5.41) is 3.21. The van der Waals surface area contributed by atoms with Crippen LogP contribution in [0.3, 0.4) is 0 Å². The number of rotatable bonds is 5. The Morgan fingerprint density at radius 2 is 2.05 bits per heavy atom. The fourth-order valence-corrected chi connectivity index (χ4v) is 1.75. The van der Waals surface area contributed by atoms with E-state index in [0.717, 1.165) is 5.75 Å². The molecule has 0 spiro atoms. The molecular weight excluding hydrogens is 276 g/mol. The third-order valence-electron chi connectivity index (χ3n) is 2.63. The molecule has 0 aliphatic rings. The molecule has 1 aromatic carbocycles. The number of pyridine rings is 1. The van der Waals surface area contributed by atoms with Gasteiger partial charge >= 0.3 is 0 Å². The van der Waals surface area contributed by atoms with Crippen molar-refractivity contribution >= 4 is 17.5 Å². The number of aromatic nitrogens is 1. The highest BCUT2D eigenvalue weighted by Gasteiger charge is 2.06. The monoisotopic (exact) mass is 290 g/mol. The Balaban J connectivity index is 1.76. The van der Waals surface area contributed by atoms with Gasteiger partial charge in [-0.05, 0) is 31.2 Å². The summed E-state index contributed by atoms with van der Waals surface area (Å²) in [7, 11) is 0. The molecule has 0 bridgehead atoms. The second kappa shape index (κ2) is 6.91. The minimum Gasteiger partial charge on any atom is -0.492 e. The van der Waals surface area contributed by atoms with E-state index in [1.807, 2.05) is 31.2 Å². The number of halogens is 1. The van der Waals surface area contributed by atoms with Crippen molar-refractivity contribution in [2.24, 2.45) is 0 Å². The van der Waals surface area contributed by atoms with Crippen LogP contribution in [-0.2, 0) is 0 Å². The van der Waals surface area contributed by atoms with E-state index < -0.39 is 0 Å². The molecule has 5 heteroatoms. The highest BCUT2D eigenvalue weighted by molar-refractivity contribution is 6.30. The fourth-order valence-electron chi connectivity index (χ4n) is 1.59. The molecule has 1 amide bonds. The van der Waals surface area contributed by atoms with Crippen LogP contribution in [0.2, 0.25) is 5.02 Å². The van der Waals surface area contributed by atoms with Crippen LogP contribution in [0.5, 0.6) is 5.75 Å². The summed E-state index contributed by atoms with van der Waals surface area (Å²) in [6.45, 7) is 2.82. The maximum atomic E-state index is 11.8. The van der Waals surface area contributed by atoms with Gasteiger partial charge in [0.1, 0.15) is 18.1 Å². The molecule has 0 aliphatic carbocycles. The number of aryl methyl sites for hydroxylation is 1. The van der Waals surface area contributed by atoms with Gasteiger partial charge in [-0.2, -0.15) is 0 Å². The first-order valence-corrected chi connectivity index (χ1v) is 6.62. The number of nitrogens with one attached hydrogen (secondary N) is 1. The molecule has 0 saturated heterocycles. The quantitative estimate of drug-likeness (QED) is 0.862. The first kappa shape index (κ1) is 14.3. The average molecular weight is 291 g/mol. The van der Waals surface area contributed by atoms with E-state index in [0.29, 0.717) is 23.9 Å². The van der Waals surface area contributed by atoms with E-state index in [1.165, 1.54) is 17.8 Å². The number of hydrogen-bond donors (Lipinski definition) is 1. The Morgan fingerprint density at radius 1 is 1.30 bits per heavy atom. The Morgan fingerprint density at radius 3 is 2.75 bits per heavy atom. The first-order valence-electron chi connectivity index (χ1n) is 6.24. The molecule has 2 rings (SSSR count). The summed E-state index contributed by atoms with van der Waals surface area (Å²) >= 11 is 5.80. The van der Waals surface area contributed by atoms with Crippen LogP contribution in [0.1, 0.15) is 16.1 Å². The van der Waals surface area contributed by atoms with Gasteiger partial charge in [-0.1, -0.05) is 29.3 Å². The van der Waals surface area contributed by atoms with Gasteiger partial charge in [0.2, 0.25) is 0 Å². The number of ether oxygens (including phenoxy) is 1. The van der Waals surface area contributed by atoms with Crippen LogP contribution in [0.25, 0.3) is 0 Å². The second-order valence-electron chi connectivity index (χ2n) is 4.28. The van der Waals surface area contributed by atoms with Crippen molar-refractivity contribution in [3.05, 3.63) is 58.9 Å². The zero-order valence-electron chi connectivity index (χ0n) is 11.1. The van der Waals surface area contributed by atoms with Crippen molar-refractivity contribution in [3.63, 3.8) is 0 Å². The topological polar surface area (TPSA) is 51.2 Å². The zero-order valence-corrected chi connectivity index (χ0v) is 11.9. The lowest BCUT2D eigenvalue weighted by Gasteiger charge is -2.07. The molecule has 1 aromatic heterocycles. The normalized spacial score (nSPS) is 10.1. The van der Waals surface area contributed by atoms with Crippen molar-refractivity contribution in [1.82, 2.24) is 10.3 Å². The molecular formula is C15H15ClN2O2. The van der Waals surface area contributed by atoms with Gasteiger partial charge in [-0.25, -0.2) is 0 Å². The largest absolute Gasteiger partial charge is 0.492 e. The molecule has 1 N–H and O–H groups in total. The summed E-state index contributed by atoms with van der Waals surface area (Å²) in [5.41, 5.74) is 1.48. The second-order valence-corrected chi connectivity index (χ2v) is 4.71. The molecule has 2 aromatic rings. The molecule has 20 heavy (non-hydrogen) atoms. The van der Waals surface area contributed by atoms with E-state index in [2.05, 4.69) is 10.3 Å².